The number of fused-ring (bicyclic) bond motifs is 5. The van der Waals surface area contributed by atoms with Crippen LogP contribution in [-0.2, 0) is 4.79 Å². The zero-order valence-electron chi connectivity index (χ0n) is 14.8. The Balaban J connectivity index is 1.70. The first-order valence-corrected chi connectivity index (χ1v) is 9.67. The first kappa shape index (κ1) is 16.1. The highest BCUT2D eigenvalue weighted by molar-refractivity contribution is 5.83. The van der Waals surface area contributed by atoms with Gasteiger partial charge in [-0.25, -0.2) is 0 Å². The Morgan fingerprint density at radius 3 is 2.48 bits per heavy atom. The second-order valence-electron chi connectivity index (χ2n) is 9.58. The van der Waals surface area contributed by atoms with Crippen LogP contribution < -0.4 is 0 Å². The van der Waals surface area contributed by atoms with Crippen molar-refractivity contribution in [3.05, 3.63) is 0 Å². The maximum atomic E-state index is 12.2. The number of hydrogen-bond donors (Lipinski definition) is 2. The third kappa shape index (κ3) is 1.81. The van der Waals surface area contributed by atoms with E-state index < -0.39 is 5.60 Å². The summed E-state index contributed by atoms with van der Waals surface area (Å²) in [7, 11) is 0. The molecule has 0 aromatic carbocycles. The molecule has 4 fully saturated rings. The van der Waals surface area contributed by atoms with Crippen molar-refractivity contribution in [1.82, 2.24) is 0 Å². The van der Waals surface area contributed by atoms with Crippen molar-refractivity contribution in [3.63, 3.8) is 0 Å². The van der Waals surface area contributed by atoms with Crippen LogP contribution in [0.2, 0.25) is 0 Å². The zero-order valence-corrected chi connectivity index (χ0v) is 14.8. The zero-order chi connectivity index (χ0) is 16.6. The Hall–Kier alpha value is -0.410. The molecule has 8 atom stereocenters. The number of ketones is 1. The molecule has 3 heteroatoms. The monoisotopic (exact) mass is 320 g/mol. The van der Waals surface area contributed by atoms with E-state index in [2.05, 4.69) is 13.8 Å². The molecule has 23 heavy (non-hydrogen) atoms. The maximum absolute atomic E-state index is 12.2. The van der Waals surface area contributed by atoms with Gasteiger partial charge in [0.05, 0.1) is 11.7 Å². The lowest BCUT2D eigenvalue weighted by atomic mass is 9.42. The van der Waals surface area contributed by atoms with Crippen molar-refractivity contribution >= 4 is 5.78 Å². The van der Waals surface area contributed by atoms with Gasteiger partial charge in [0.2, 0.25) is 0 Å². The molecule has 0 saturated heterocycles. The van der Waals surface area contributed by atoms with Crippen molar-refractivity contribution in [2.45, 2.75) is 83.8 Å². The molecule has 0 bridgehead atoms. The van der Waals surface area contributed by atoms with Crippen LogP contribution in [0, 0.1) is 34.5 Å². The molecule has 0 heterocycles. The third-order valence-electron chi connectivity index (χ3n) is 9.14. The third-order valence-corrected chi connectivity index (χ3v) is 9.14. The van der Waals surface area contributed by atoms with E-state index in [1.807, 2.05) is 6.92 Å². The predicted octanol–water partition coefficient (Wildman–Crippen LogP) is 3.32. The number of hydrogen-bond acceptors (Lipinski definition) is 3. The van der Waals surface area contributed by atoms with Crippen molar-refractivity contribution in [3.8, 4) is 0 Å². The van der Waals surface area contributed by atoms with Crippen molar-refractivity contribution in [2.75, 3.05) is 0 Å². The van der Waals surface area contributed by atoms with Crippen LogP contribution in [0.5, 0.6) is 0 Å². The van der Waals surface area contributed by atoms with Crippen LogP contribution in [0.4, 0.5) is 0 Å². The summed E-state index contributed by atoms with van der Waals surface area (Å²) in [6.07, 6.45) is 7.40. The Bertz CT molecular complexity index is 531. The molecule has 0 aromatic rings. The lowest BCUT2D eigenvalue weighted by molar-refractivity contribution is -0.223. The molecule has 4 aliphatic rings. The fourth-order valence-corrected chi connectivity index (χ4v) is 7.43. The Kier molecular flexibility index (Phi) is 3.37. The van der Waals surface area contributed by atoms with Crippen LogP contribution in [0.15, 0.2) is 0 Å². The quantitative estimate of drug-likeness (QED) is 0.720. The van der Waals surface area contributed by atoms with E-state index in [9.17, 15) is 15.0 Å². The van der Waals surface area contributed by atoms with Crippen LogP contribution in [-0.4, -0.2) is 27.7 Å². The van der Waals surface area contributed by atoms with Gasteiger partial charge in [-0.15, -0.1) is 0 Å². The van der Waals surface area contributed by atoms with Gasteiger partial charge in [0.15, 0.2) is 0 Å². The molecule has 0 amide bonds. The van der Waals surface area contributed by atoms with E-state index in [0.29, 0.717) is 24.2 Å². The van der Waals surface area contributed by atoms with E-state index in [1.54, 1.807) is 0 Å². The fourth-order valence-electron chi connectivity index (χ4n) is 7.43. The summed E-state index contributed by atoms with van der Waals surface area (Å²) in [6.45, 7) is 6.51. The summed E-state index contributed by atoms with van der Waals surface area (Å²) in [5, 5.41) is 22.0. The lowest BCUT2D eigenvalue weighted by Crippen LogP contribution is -2.65. The molecular weight excluding hydrogens is 288 g/mol. The molecule has 130 valence electrons. The smallest absolute Gasteiger partial charge is 0.138 e. The van der Waals surface area contributed by atoms with E-state index in [0.717, 1.165) is 44.9 Å². The molecule has 3 nitrogen and oxygen atoms in total. The normalized spacial score (nSPS) is 59.2. The number of carbonyl (C=O) groups excluding carboxylic acids is 1. The van der Waals surface area contributed by atoms with E-state index >= 15 is 0 Å². The topological polar surface area (TPSA) is 57.5 Å². The van der Waals surface area contributed by atoms with Gasteiger partial charge in [-0.2, -0.15) is 0 Å². The first-order valence-electron chi connectivity index (χ1n) is 9.67. The molecular formula is C20H32O3. The molecule has 4 saturated carbocycles. The summed E-state index contributed by atoms with van der Waals surface area (Å²) < 4.78 is 0. The largest absolute Gasteiger partial charge is 0.393 e. The highest BCUT2D eigenvalue weighted by Gasteiger charge is 2.66. The van der Waals surface area contributed by atoms with E-state index in [1.165, 1.54) is 0 Å². The highest BCUT2D eigenvalue weighted by atomic mass is 16.3. The average molecular weight is 320 g/mol. The molecule has 2 N–H and O–H groups in total. The summed E-state index contributed by atoms with van der Waals surface area (Å²) >= 11 is 0. The summed E-state index contributed by atoms with van der Waals surface area (Å²) in [5.74, 6) is 1.77. The molecule has 0 aliphatic heterocycles. The second kappa shape index (κ2) is 4.82. The number of aliphatic hydroxyl groups excluding tert-OH is 1. The first-order chi connectivity index (χ1) is 10.7. The van der Waals surface area contributed by atoms with Crippen LogP contribution in [0.25, 0.3) is 0 Å². The number of carbonyl (C=O) groups is 1. The van der Waals surface area contributed by atoms with Gasteiger partial charge in [-0.3, -0.25) is 4.79 Å². The average Bonchev–Trinajstić information content (AvgIpc) is 2.82. The van der Waals surface area contributed by atoms with Gasteiger partial charge in [0, 0.05) is 17.8 Å². The van der Waals surface area contributed by atoms with Gasteiger partial charge in [0.1, 0.15) is 5.78 Å². The molecule has 4 rings (SSSR count). The molecule has 0 spiro atoms. The van der Waals surface area contributed by atoms with E-state index in [4.69, 9.17) is 0 Å². The fraction of sp³-hybridized carbons (Fsp3) is 0.950. The van der Waals surface area contributed by atoms with E-state index in [-0.39, 0.29) is 28.6 Å². The van der Waals surface area contributed by atoms with Crippen LogP contribution in [0.1, 0.15) is 72.1 Å². The van der Waals surface area contributed by atoms with Crippen LogP contribution in [0.3, 0.4) is 0 Å². The predicted molar refractivity (Wildman–Crippen MR) is 88.7 cm³/mol. The summed E-state index contributed by atoms with van der Waals surface area (Å²) in [4.78, 5) is 12.2. The van der Waals surface area contributed by atoms with Gasteiger partial charge < -0.3 is 10.2 Å². The second-order valence-corrected chi connectivity index (χ2v) is 9.58. The molecule has 0 radical (unpaired) electrons. The Morgan fingerprint density at radius 2 is 1.74 bits per heavy atom. The molecule has 0 aromatic heterocycles. The van der Waals surface area contributed by atoms with Crippen molar-refractivity contribution in [1.29, 1.82) is 0 Å². The molecule has 4 aliphatic carbocycles. The maximum Gasteiger partial charge on any atom is 0.138 e. The van der Waals surface area contributed by atoms with Crippen LogP contribution >= 0.6 is 0 Å². The van der Waals surface area contributed by atoms with Gasteiger partial charge in [-0.05, 0) is 68.1 Å². The summed E-state index contributed by atoms with van der Waals surface area (Å²) in [6, 6.07) is 0. The van der Waals surface area contributed by atoms with Gasteiger partial charge in [-0.1, -0.05) is 20.8 Å². The van der Waals surface area contributed by atoms with Crippen molar-refractivity contribution < 1.29 is 15.0 Å². The van der Waals surface area contributed by atoms with Gasteiger partial charge >= 0.3 is 0 Å². The van der Waals surface area contributed by atoms with Gasteiger partial charge in [0.25, 0.3) is 0 Å². The minimum absolute atomic E-state index is 0.0864. The Morgan fingerprint density at radius 1 is 1.00 bits per heavy atom. The minimum atomic E-state index is -0.811. The molecule has 6 unspecified atom stereocenters. The number of Topliss-reactive ketones (excluding diaryl/α,β-unsaturated/α-hetero) is 1. The number of aliphatic hydroxyl groups is 2. The Labute approximate surface area is 139 Å². The van der Waals surface area contributed by atoms with Crippen molar-refractivity contribution in [2.24, 2.45) is 34.5 Å². The number of rotatable bonds is 0. The SMILES string of the molecule is C[C@H]1C(=O)CCC2(C)C3CCC4(C)C(O)CCC4C3CC[C@]12O. The standard InChI is InChI=1S/C20H32O3/c1-12-16(21)8-10-19(3)15-7-9-18(2)14(4-5-17(18)22)13(15)6-11-20(12,19)23/h12-15,17,22-23H,4-11H2,1-3H3/t12-,13?,14?,15?,17?,18?,19?,20-/m0/s1. The minimum Gasteiger partial charge on any atom is -0.393 e. The lowest BCUT2D eigenvalue weighted by Gasteiger charge is -2.64. The highest BCUT2D eigenvalue weighted by Crippen LogP contribution is 2.67. The summed E-state index contributed by atoms with van der Waals surface area (Å²) in [5.41, 5.74) is -0.852.